The molecule has 2 nitrogen and oxygen atoms in total. The van der Waals surface area contributed by atoms with Crippen LogP contribution in [-0.2, 0) is 0 Å². The summed E-state index contributed by atoms with van der Waals surface area (Å²) in [6.45, 7) is 3.99. The van der Waals surface area contributed by atoms with Crippen molar-refractivity contribution in [1.82, 2.24) is 4.98 Å². The molecule has 0 saturated heterocycles. The molecule has 0 radical (unpaired) electrons. The number of benzene rings is 1. The fourth-order valence-electron chi connectivity index (χ4n) is 1.21. The summed E-state index contributed by atoms with van der Waals surface area (Å²) in [5.74, 6) is 0. The fourth-order valence-corrected chi connectivity index (χ4v) is 1.21. The van der Waals surface area contributed by atoms with Gasteiger partial charge in [0, 0.05) is 17.0 Å². The molecule has 0 saturated carbocycles. The van der Waals surface area contributed by atoms with Crippen LogP contribution in [0, 0.1) is 13.8 Å². The largest absolute Gasteiger partial charge is 0.298 e. The third-order valence-corrected chi connectivity index (χ3v) is 1.96. The Morgan fingerprint density at radius 2 is 1.44 bits per heavy atom. The van der Waals surface area contributed by atoms with Gasteiger partial charge in [-0.2, -0.15) is 0 Å². The first-order valence-electron chi connectivity index (χ1n) is 5.13. The van der Waals surface area contributed by atoms with E-state index >= 15 is 0 Å². The van der Waals surface area contributed by atoms with Crippen molar-refractivity contribution in [2.75, 3.05) is 0 Å². The van der Waals surface area contributed by atoms with Crippen LogP contribution < -0.4 is 0 Å². The number of nitrogens with zero attached hydrogens (tertiary/aromatic N) is 1. The minimum atomic E-state index is 0.729. The fraction of sp³-hybridized carbons (Fsp3) is 0.143. The van der Waals surface area contributed by atoms with Gasteiger partial charge in [0.2, 0.25) is 0 Å². The van der Waals surface area contributed by atoms with E-state index in [0.717, 1.165) is 23.2 Å². The number of pyridine rings is 1. The van der Waals surface area contributed by atoms with Gasteiger partial charge in [-0.1, -0.05) is 36.4 Å². The van der Waals surface area contributed by atoms with Crippen LogP contribution in [-0.4, -0.2) is 11.3 Å². The summed E-state index contributed by atoms with van der Waals surface area (Å²) in [5.41, 5.74) is 2.91. The number of hydrogen-bond donors (Lipinski definition) is 0. The van der Waals surface area contributed by atoms with E-state index in [2.05, 4.69) is 4.98 Å². The zero-order valence-electron chi connectivity index (χ0n) is 9.55. The van der Waals surface area contributed by atoms with Crippen LogP contribution in [0.5, 0.6) is 0 Å². The average Bonchev–Trinajstić information content (AvgIpc) is 2.31. The zero-order chi connectivity index (χ0) is 11.8. The van der Waals surface area contributed by atoms with Crippen molar-refractivity contribution in [3.63, 3.8) is 0 Å². The molecule has 2 heteroatoms. The predicted octanol–water partition coefficient (Wildman–Crippen LogP) is 3.20. The molecule has 0 aliphatic heterocycles. The second-order valence-electron chi connectivity index (χ2n) is 3.45. The van der Waals surface area contributed by atoms with Crippen LogP contribution in [0.2, 0.25) is 0 Å². The van der Waals surface area contributed by atoms with Crippen molar-refractivity contribution in [3.05, 3.63) is 65.5 Å². The Morgan fingerprint density at radius 1 is 0.875 bits per heavy atom. The number of aromatic nitrogens is 1. The Balaban J connectivity index is 0.000000160. The first kappa shape index (κ1) is 12.1. The Kier molecular flexibility index (Phi) is 4.93. The van der Waals surface area contributed by atoms with Crippen LogP contribution >= 0.6 is 0 Å². The van der Waals surface area contributed by atoms with E-state index in [1.807, 2.05) is 50.2 Å². The highest BCUT2D eigenvalue weighted by molar-refractivity contribution is 5.74. The standard InChI is InChI=1S/C7H9N.C7H6O/c1-6-4-3-5-7(2)8-6;8-6-7-4-2-1-3-5-7/h3-5H,1-2H3;1-6H. The van der Waals surface area contributed by atoms with Crippen molar-refractivity contribution >= 4 is 6.29 Å². The van der Waals surface area contributed by atoms with Gasteiger partial charge >= 0.3 is 0 Å². The molecule has 0 aliphatic rings. The van der Waals surface area contributed by atoms with E-state index in [9.17, 15) is 4.79 Å². The number of carbonyl (C=O) groups is 1. The van der Waals surface area contributed by atoms with E-state index in [1.54, 1.807) is 12.1 Å². The molecule has 0 fully saturated rings. The molecule has 2 rings (SSSR count). The Bertz CT molecular complexity index is 420. The molecule has 1 aromatic heterocycles. The number of aldehydes is 1. The number of carbonyl (C=O) groups excluding carboxylic acids is 1. The molecule has 0 N–H and O–H groups in total. The first-order chi connectivity index (χ1) is 7.72. The first-order valence-corrected chi connectivity index (χ1v) is 5.13. The highest BCUT2D eigenvalue weighted by Crippen LogP contribution is 1.93. The topological polar surface area (TPSA) is 30.0 Å². The minimum absolute atomic E-state index is 0.729. The van der Waals surface area contributed by atoms with Gasteiger partial charge in [-0.05, 0) is 26.0 Å². The Labute approximate surface area is 96.0 Å². The van der Waals surface area contributed by atoms with E-state index in [-0.39, 0.29) is 0 Å². The molecule has 0 bridgehead atoms. The van der Waals surface area contributed by atoms with Gasteiger partial charge in [0.25, 0.3) is 0 Å². The Hall–Kier alpha value is -1.96. The second kappa shape index (κ2) is 6.51. The molecule has 0 aliphatic carbocycles. The Morgan fingerprint density at radius 3 is 1.75 bits per heavy atom. The van der Waals surface area contributed by atoms with E-state index in [1.165, 1.54) is 0 Å². The van der Waals surface area contributed by atoms with Crippen molar-refractivity contribution in [3.8, 4) is 0 Å². The molecular formula is C14H15NO. The predicted molar refractivity (Wildman–Crippen MR) is 65.5 cm³/mol. The van der Waals surface area contributed by atoms with Crippen LogP contribution in [0.4, 0.5) is 0 Å². The lowest BCUT2D eigenvalue weighted by Crippen LogP contribution is -1.81. The molecular weight excluding hydrogens is 198 g/mol. The normalized spacial score (nSPS) is 8.88. The molecule has 0 unspecified atom stereocenters. The van der Waals surface area contributed by atoms with Crippen molar-refractivity contribution in [2.45, 2.75) is 13.8 Å². The third kappa shape index (κ3) is 4.51. The summed E-state index contributed by atoms with van der Waals surface area (Å²) >= 11 is 0. The number of aryl methyl sites for hydroxylation is 2. The minimum Gasteiger partial charge on any atom is -0.298 e. The van der Waals surface area contributed by atoms with Gasteiger partial charge < -0.3 is 0 Å². The molecule has 0 spiro atoms. The summed E-state index contributed by atoms with van der Waals surface area (Å²) in [5, 5.41) is 0. The maximum absolute atomic E-state index is 10.0. The third-order valence-electron chi connectivity index (χ3n) is 1.96. The smallest absolute Gasteiger partial charge is 0.150 e. The quantitative estimate of drug-likeness (QED) is 0.681. The molecule has 0 atom stereocenters. The SMILES string of the molecule is Cc1cccc(C)n1.O=Cc1ccccc1. The zero-order valence-corrected chi connectivity index (χ0v) is 9.55. The van der Waals surface area contributed by atoms with Crippen LogP contribution in [0.1, 0.15) is 21.7 Å². The summed E-state index contributed by atoms with van der Waals surface area (Å²) in [6, 6.07) is 15.1. The average molecular weight is 213 g/mol. The summed E-state index contributed by atoms with van der Waals surface area (Å²) < 4.78 is 0. The summed E-state index contributed by atoms with van der Waals surface area (Å²) in [4.78, 5) is 14.2. The molecule has 1 heterocycles. The molecule has 1 aromatic carbocycles. The summed E-state index contributed by atoms with van der Waals surface area (Å²) in [7, 11) is 0. The van der Waals surface area contributed by atoms with Gasteiger partial charge in [0.05, 0.1) is 0 Å². The lowest BCUT2D eigenvalue weighted by Gasteiger charge is -1.90. The highest BCUT2D eigenvalue weighted by Gasteiger charge is 1.82. The molecule has 82 valence electrons. The number of hydrogen-bond acceptors (Lipinski definition) is 2. The second-order valence-corrected chi connectivity index (χ2v) is 3.45. The maximum Gasteiger partial charge on any atom is 0.150 e. The monoisotopic (exact) mass is 213 g/mol. The van der Waals surface area contributed by atoms with Crippen molar-refractivity contribution < 1.29 is 4.79 Å². The van der Waals surface area contributed by atoms with E-state index in [0.29, 0.717) is 0 Å². The van der Waals surface area contributed by atoms with Gasteiger partial charge in [0.15, 0.2) is 0 Å². The van der Waals surface area contributed by atoms with Gasteiger partial charge in [-0.25, -0.2) is 0 Å². The number of rotatable bonds is 1. The van der Waals surface area contributed by atoms with Crippen molar-refractivity contribution in [1.29, 1.82) is 0 Å². The van der Waals surface area contributed by atoms with Crippen molar-refractivity contribution in [2.24, 2.45) is 0 Å². The molecule has 16 heavy (non-hydrogen) atoms. The van der Waals surface area contributed by atoms with Crippen LogP contribution in [0.15, 0.2) is 48.5 Å². The lowest BCUT2D eigenvalue weighted by molar-refractivity contribution is 0.112. The van der Waals surface area contributed by atoms with E-state index < -0.39 is 0 Å². The van der Waals surface area contributed by atoms with Crippen LogP contribution in [0.25, 0.3) is 0 Å². The van der Waals surface area contributed by atoms with Gasteiger partial charge in [-0.15, -0.1) is 0 Å². The van der Waals surface area contributed by atoms with Crippen LogP contribution in [0.3, 0.4) is 0 Å². The summed E-state index contributed by atoms with van der Waals surface area (Å²) in [6.07, 6.45) is 0.833. The van der Waals surface area contributed by atoms with Gasteiger partial charge in [0.1, 0.15) is 6.29 Å². The van der Waals surface area contributed by atoms with E-state index in [4.69, 9.17) is 0 Å². The highest BCUT2D eigenvalue weighted by atomic mass is 16.1. The lowest BCUT2D eigenvalue weighted by atomic mass is 10.2. The molecule has 0 amide bonds. The maximum atomic E-state index is 10.0. The molecule has 2 aromatic rings. The van der Waals surface area contributed by atoms with Gasteiger partial charge in [-0.3, -0.25) is 9.78 Å².